The zero-order chi connectivity index (χ0) is 14.1. The molecule has 0 aromatic rings. The van der Waals surface area contributed by atoms with Crippen LogP contribution in [0.5, 0.6) is 0 Å². The number of hydrogen-bond acceptors (Lipinski definition) is 3. The van der Waals surface area contributed by atoms with Crippen LogP contribution in [0.1, 0.15) is 54.9 Å². The number of rotatable bonds is 2. The highest BCUT2D eigenvalue weighted by Crippen LogP contribution is 2.32. The fourth-order valence-electron chi connectivity index (χ4n) is 2.28. The minimum absolute atomic E-state index is 0.106. The van der Waals surface area contributed by atoms with Crippen molar-refractivity contribution >= 4 is 6.09 Å². The third kappa shape index (κ3) is 3.87. The van der Waals surface area contributed by atoms with Crippen molar-refractivity contribution < 1.29 is 14.3 Å². The minimum atomic E-state index is -0.581. The number of hydrogen-bond donors (Lipinski definition) is 0. The van der Waals surface area contributed by atoms with Crippen LogP contribution in [0.25, 0.3) is 0 Å². The molecule has 1 aliphatic rings. The highest BCUT2D eigenvalue weighted by atomic mass is 16.6. The summed E-state index contributed by atoms with van der Waals surface area (Å²) in [6, 6.07) is 0.106. The van der Waals surface area contributed by atoms with Crippen LogP contribution in [0.2, 0.25) is 0 Å². The lowest BCUT2D eigenvalue weighted by Crippen LogP contribution is -2.50. The molecule has 1 fully saturated rings. The van der Waals surface area contributed by atoms with Gasteiger partial charge in [0.05, 0.1) is 12.6 Å². The molecular formula is C14H27NO3. The van der Waals surface area contributed by atoms with Crippen molar-refractivity contribution in [3.05, 3.63) is 0 Å². The summed E-state index contributed by atoms with van der Waals surface area (Å²) in [5.74, 6) is 0.525. The Morgan fingerprint density at radius 3 is 2.44 bits per heavy atom. The van der Waals surface area contributed by atoms with E-state index in [2.05, 4.69) is 13.8 Å². The Morgan fingerprint density at radius 2 is 2.00 bits per heavy atom. The van der Waals surface area contributed by atoms with E-state index >= 15 is 0 Å². The van der Waals surface area contributed by atoms with Crippen molar-refractivity contribution in [3.8, 4) is 0 Å². The second kappa shape index (κ2) is 5.08. The smallest absolute Gasteiger partial charge is 0.412 e. The van der Waals surface area contributed by atoms with Crippen LogP contribution in [-0.4, -0.2) is 35.0 Å². The quantitative estimate of drug-likeness (QED) is 0.761. The Kier molecular flexibility index (Phi) is 4.31. The molecule has 4 nitrogen and oxygen atoms in total. The normalized spacial score (nSPS) is 23.6. The summed E-state index contributed by atoms with van der Waals surface area (Å²) >= 11 is 0. The second-order valence-corrected chi connectivity index (χ2v) is 6.89. The highest BCUT2D eigenvalue weighted by molar-refractivity contribution is 5.69. The Morgan fingerprint density at radius 1 is 1.44 bits per heavy atom. The number of ether oxygens (including phenoxy) is 2. The van der Waals surface area contributed by atoms with E-state index in [4.69, 9.17) is 9.47 Å². The molecule has 1 saturated heterocycles. The van der Waals surface area contributed by atoms with Crippen LogP contribution in [0.3, 0.4) is 0 Å². The van der Waals surface area contributed by atoms with Gasteiger partial charge in [0.25, 0.3) is 0 Å². The lowest BCUT2D eigenvalue weighted by atomic mass is 10.0. The first kappa shape index (κ1) is 15.3. The second-order valence-electron chi connectivity index (χ2n) is 6.89. The SMILES string of the molecule is CC(C)CC1COC(C)(C)N1C(=O)OC(C)(C)C. The van der Waals surface area contributed by atoms with Gasteiger partial charge in [-0.25, -0.2) is 4.79 Å². The summed E-state index contributed by atoms with van der Waals surface area (Å²) in [7, 11) is 0. The zero-order valence-corrected chi connectivity index (χ0v) is 12.7. The first-order valence-corrected chi connectivity index (χ1v) is 6.69. The molecule has 1 heterocycles. The van der Waals surface area contributed by atoms with Crippen molar-refractivity contribution in [2.24, 2.45) is 5.92 Å². The van der Waals surface area contributed by atoms with Gasteiger partial charge in [-0.1, -0.05) is 13.8 Å². The van der Waals surface area contributed by atoms with Crippen LogP contribution in [-0.2, 0) is 9.47 Å². The maximum absolute atomic E-state index is 12.3. The van der Waals surface area contributed by atoms with Gasteiger partial charge in [-0.05, 0) is 47.0 Å². The molecule has 0 aromatic heterocycles. The van der Waals surface area contributed by atoms with E-state index in [-0.39, 0.29) is 12.1 Å². The van der Waals surface area contributed by atoms with Crippen LogP contribution in [0.15, 0.2) is 0 Å². The largest absolute Gasteiger partial charge is 0.444 e. The lowest BCUT2D eigenvalue weighted by Gasteiger charge is -2.35. The van der Waals surface area contributed by atoms with Gasteiger partial charge in [0, 0.05) is 0 Å². The summed E-state index contributed by atoms with van der Waals surface area (Å²) in [5.41, 5.74) is -1.06. The molecule has 0 radical (unpaired) electrons. The molecule has 0 aliphatic carbocycles. The molecule has 1 rings (SSSR count). The molecule has 1 unspecified atom stereocenters. The summed E-state index contributed by atoms with van der Waals surface area (Å²) in [6.07, 6.45) is 0.651. The molecule has 4 heteroatoms. The summed E-state index contributed by atoms with van der Waals surface area (Å²) in [5, 5.41) is 0. The summed E-state index contributed by atoms with van der Waals surface area (Å²) in [4.78, 5) is 14.0. The molecule has 1 atom stereocenters. The topological polar surface area (TPSA) is 38.8 Å². The molecule has 0 bridgehead atoms. The van der Waals surface area contributed by atoms with Gasteiger partial charge in [-0.3, -0.25) is 4.90 Å². The van der Waals surface area contributed by atoms with Gasteiger partial charge in [0.15, 0.2) is 0 Å². The van der Waals surface area contributed by atoms with Crippen molar-refractivity contribution in [1.29, 1.82) is 0 Å². The Balaban J connectivity index is 2.82. The third-order valence-corrected chi connectivity index (χ3v) is 2.91. The summed E-state index contributed by atoms with van der Waals surface area (Å²) < 4.78 is 11.2. The van der Waals surface area contributed by atoms with E-state index in [1.54, 1.807) is 4.90 Å². The molecule has 1 aliphatic heterocycles. The fraction of sp³-hybridized carbons (Fsp3) is 0.929. The minimum Gasteiger partial charge on any atom is -0.444 e. The van der Waals surface area contributed by atoms with Crippen LogP contribution >= 0.6 is 0 Å². The van der Waals surface area contributed by atoms with Crippen molar-refractivity contribution in [2.45, 2.75) is 72.3 Å². The number of amides is 1. The van der Waals surface area contributed by atoms with E-state index in [0.717, 1.165) is 6.42 Å². The fourth-order valence-corrected chi connectivity index (χ4v) is 2.28. The third-order valence-electron chi connectivity index (χ3n) is 2.91. The molecule has 0 saturated carbocycles. The van der Waals surface area contributed by atoms with Crippen molar-refractivity contribution in [2.75, 3.05) is 6.61 Å². The molecule has 0 spiro atoms. The van der Waals surface area contributed by atoms with Gasteiger partial charge in [0.2, 0.25) is 0 Å². The Hall–Kier alpha value is -0.770. The van der Waals surface area contributed by atoms with Crippen molar-refractivity contribution in [1.82, 2.24) is 4.90 Å². The van der Waals surface area contributed by atoms with Crippen LogP contribution < -0.4 is 0 Å². The van der Waals surface area contributed by atoms with Gasteiger partial charge >= 0.3 is 6.09 Å². The molecule has 18 heavy (non-hydrogen) atoms. The number of carbonyl (C=O) groups is 1. The standard InChI is InChI=1S/C14H27NO3/c1-10(2)8-11-9-17-14(6,7)15(11)12(16)18-13(3,4)5/h10-11H,8-9H2,1-7H3. The average Bonchev–Trinajstić information content (AvgIpc) is 2.36. The van der Waals surface area contributed by atoms with Crippen LogP contribution in [0.4, 0.5) is 4.79 Å². The van der Waals surface area contributed by atoms with E-state index in [9.17, 15) is 4.79 Å². The van der Waals surface area contributed by atoms with E-state index in [1.807, 2.05) is 34.6 Å². The maximum Gasteiger partial charge on any atom is 0.412 e. The molecule has 106 valence electrons. The monoisotopic (exact) mass is 257 g/mol. The van der Waals surface area contributed by atoms with Gasteiger partial charge in [0.1, 0.15) is 11.3 Å². The Bertz CT molecular complexity index is 305. The predicted octanol–water partition coefficient (Wildman–Crippen LogP) is 3.40. The summed E-state index contributed by atoms with van der Waals surface area (Å²) in [6.45, 7) is 14.4. The van der Waals surface area contributed by atoms with Gasteiger partial charge < -0.3 is 9.47 Å². The molecule has 0 aromatic carbocycles. The average molecular weight is 257 g/mol. The highest BCUT2D eigenvalue weighted by Gasteiger charge is 2.45. The number of nitrogens with zero attached hydrogens (tertiary/aromatic N) is 1. The van der Waals surface area contributed by atoms with E-state index < -0.39 is 11.3 Å². The Labute approximate surface area is 111 Å². The van der Waals surface area contributed by atoms with Gasteiger partial charge in [-0.2, -0.15) is 0 Å². The lowest BCUT2D eigenvalue weighted by molar-refractivity contribution is -0.0629. The predicted molar refractivity (Wildman–Crippen MR) is 71.3 cm³/mol. The molecule has 0 N–H and O–H groups in total. The maximum atomic E-state index is 12.3. The molecular weight excluding hydrogens is 230 g/mol. The van der Waals surface area contributed by atoms with Crippen molar-refractivity contribution in [3.63, 3.8) is 0 Å². The molecule has 1 amide bonds. The van der Waals surface area contributed by atoms with E-state index in [0.29, 0.717) is 12.5 Å². The van der Waals surface area contributed by atoms with Gasteiger partial charge in [-0.15, -0.1) is 0 Å². The number of carbonyl (C=O) groups excluding carboxylic acids is 1. The first-order chi connectivity index (χ1) is 8.03. The first-order valence-electron chi connectivity index (χ1n) is 6.69. The van der Waals surface area contributed by atoms with E-state index in [1.165, 1.54) is 0 Å². The van der Waals surface area contributed by atoms with Crippen LogP contribution in [0, 0.1) is 5.92 Å². The zero-order valence-electron chi connectivity index (χ0n) is 12.7.